The summed E-state index contributed by atoms with van der Waals surface area (Å²) in [6, 6.07) is 7.23. The maximum Gasteiger partial charge on any atom is 0.185 e. The Kier molecular flexibility index (Phi) is 5.59. The summed E-state index contributed by atoms with van der Waals surface area (Å²) in [5.74, 6) is 0.193. The van der Waals surface area contributed by atoms with Gasteiger partial charge in [0.1, 0.15) is 6.10 Å². The minimum absolute atomic E-state index is 0.0705. The topological polar surface area (TPSA) is 57.5 Å². The van der Waals surface area contributed by atoms with Gasteiger partial charge in [0.15, 0.2) is 5.12 Å². The molecule has 2 unspecified atom stereocenters. The Labute approximate surface area is 112 Å². The largest absolute Gasteiger partial charge is 0.389 e. The zero-order valence-corrected chi connectivity index (χ0v) is 11.4. The molecule has 0 heterocycles. The smallest absolute Gasteiger partial charge is 0.185 e. The molecule has 1 aromatic rings. The van der Waals surface area contributed by atoms with Gasteiger partial charge in [-0.2, -0.15) is 0 Å². The van der Waals surface area contributed by atoms with E-state index in [1.807, 2.05) is 19.1 Å². The molecule has 0 saturated carbocycles. The van der Waals surface area contributed by atoms with E-state index in [0.717, 1.165) is 22.9 Å². The molecule has 2 atom stereocenters. The third-order valence-electron chi connectivity index (χ3n) is 2.57. The van der Waals surface area contributed by atoms with Gasteiger partial charge in [-0.05, 0) is 18.1 Å². The Morgan fingerprint density at radius 2 is 1.83 bits per heavy atom. The van der Waals surface area contributed by atoms with Crippen LogP contribution in [0.25, 0.3) is 5.57 Å². The molecule has 3 nitrogen and oxygen atoms in total. The van der Waals surface area contributed by atoms with E-state index < -0.39 is 12.2 Å². The Morgan fingerprint density at radius 1 is 1.28 bits per heavy atom. The van der Waals surface area contributed by atoms with Gasteiger partial charge in [-0.3, -0.25) is 4.79 Å². The fourth-order valence-electron chi connectivity index (χ4n) is 1.48. The van der Waals surface area contributed by atoms with Crippen LogP contribution in [0.15, 0.2) is 30.8 Å². The molecule has 0 aliphatic heterocycles. The molecule has 0 bridgehead atoms. The van der Waals surface area contributed by atoms with Crippen LogP contribution in [0.2, 0.25) is 0 Å². The van der Waals surface area contributed by atoms with Crippen molar-refractivity contribution in [1.29, 1.82) is 0 Å². The summed E-state index contributed by atoms with van der Waals surface area (Å²) in [7, 11) is 0. The molecule has 0 amide bonds. The number of hydrogen-bond acceptors (Lipinski definition) is 4. The van der Waals surface area contributed by atoms with Gasteiger partial charge in [0.2, 0.25) is 0 Å². The van der Waals surface area contributed by atoms with Crippen LogP contribution in [-0.2, 0) is 4.79 Å². The maximum atomic E-state index is 10.8. The minimum atomic E-state index is -0.976. The van der Waals surface area contributed by atoms with E-state index in [-0.39, 0.29) is 10.9 Å². The molecule has 0 aliphatic rings. The van der Waals surface area contributed by atoms with Crippen LogP contribution >= 0.6 is 11.8 Å². The molecular weight excluding hydrogens is 248 g/mol. The lowest BCUT2D eigenvalue weighted by Gasteiger charge is -2.17. The summed E-state index contributed by atoms with van der Waals surface area (Å²) in [5, 5.41) is 19.6. The molecule has 0 saturated heterocycles. The molecule has 98 valence electrons. The van der Waals surface area contributed by atoms with Gasteiger partial charge >= 0.3 is 0 Å². The highest BCUT2D eigenvalue weighted by Gasteiger charge is 2.18. The highest BCUT2D eigenvalue weighted by atomic mass is 32.2. The number of benzene rings is 1. The first kappa shape index (κ1) is 15.0. The van der Waals surface area contributed by atoms with Crippen LogP contribution < -0.4 is 0 Å². The Balaban J connectivity index is 2.68. The molecule has 2 N–H and O–H groups in total. The number of allylic oxidation sites excluding steroid dienone is 1. The van der Waals surface area contributed by atoms with Crippen molar-refractivity contribution in [2.45, 2.75) is 26.1 Å². The summed E-state index contributed by atoms with van der Waals surface area (Å²) in [4.78, 5) is 10.8. The molecular formula is C14H18O3S. The van der Waals surface area contributed by atoms with Gasteiger partial charge in [0.25, 0.3) is 0 Å². The lowest BCUT2D eigenvalue weighted by molar-refractivity contribution is -0.109. The van der Waals surface area contributed by atoms with Crippen molar-refractivity contribution >= 4 is 22.5 Å². The number of carbonyl (C=O) groups is 1. The van der Waals surface area contributed by atoms with E-state index in [0.29, 0.717) is 5.56 Å². The standard InChI is InChI=1S/C14H18O3S/c1-9(2)11-4-6-12(7-5-11)14(17)13(16)8-18-10(3)15/h4-7,13-14,16-17H,1,8H2,2-3H3. The van der Waals surface area contributed by atoms with E-state index in [1.165, 1.54) is 6.92 Å². The monoisotopic (exact) mass is 266 g/mol. The van der Waals surface area contributed by atoms with E-state index >= 15 is 0 Å². The Morgan fingerprint density at radius 3 is 2.28 bits per heavy atom. The molecule has 0 fully saturated rings. The number of aliphatic hydroxyl groups is 2. The number of aliphatic hydroxyl groups excluding tert-OH is 2. The van der Waals surface area contributed by atoms with Crippen LogP contribution in [0, 0.1) is 0 Å². The summed E-state index contributed by atoms with van der Waals surface area (Å²) in [5.41, 5.74) is 2.58. The Bertz CT molecular complexity index is 425. The van der Waals surface area contributed by atoms with Crippen molar-refractivity contribution in [2.24, 2.45) is 0 Å². The second-order valence-corrected chi connectivity index (χ2v) is 5.41. The number of hydrogen-bond donors (Lipinski definition) is 2. The molecule has 1 rings (SSSR count). The third kappa shape index (κ3) is 4.29. The number of thioether (sulfide) groups is 1. The third-order valence-corrected chi connectivity index (χ3v) is 3.48. The zero-order chi connectivity index (χ0) is 13.7. The zero-order valence-electron chi connectivity index (χ0n) is 10.6. The van der Waals surface area contributed by atoms with Crippen molar-refractivity contribution in [1.82, 2.24) is 0 Å². The molecule has 0 radical (unpaired) electrons. The maximum absolute atomic E-state index is 10.8. The summed E-state index contributed by atoms with van der Waals surface area (Å²) >= 11 is 1.01. The average molecular weight is 266 g/mol. The minimum Gasteiger partial charge on any atom is -0.389 e. The highest BCUT2D eigenvalue weighted by Crippen LogP contribution is 2.22. The van der Waals surface area contributed by atoms with E-state index in [4.69, 9.17) is 0 Å². The van der Waals surface area contributed by atoms with Crippen LogP contribution in [0.4, 0.5) is 0 Å². The predicted octanol–water partition coefficient (Wildman–Crippen LogP) is 2.39. The van der Waals surface area contributed by atoms with Crippen molar-refractivity contribution in [2.75, 3.05) is 5.75 Å². The van der Waals surface area contributed by atoms with Gasteiger partial charge in [-0.25, -0.2) is 0 Å². The first-order valence-electron chi connectivity index (χ1n) is 5.67. The van der Waals surface area contributed by atoms with Gasteiger partial charge < -0.3 is 10.2 Å². The molecule has 4 heteroatoms. The summed E-state index contributed by atoms with van der Waals surface area (Å²) < 4.78 is 0. The summed E-state index contributed by atoms with van der Waals surface area (Å²) in [6.45, 7) is 7.17. The van der Waals surface area contributed by atoms with Crippen molar-refractivity contribution in [3.05, 3.63) is 42.0 Å². The normalized spacial score (nSPS) is 14.0. The van der Waals surface area contributed by atoms with Crippen LogP contribution in [-0.4, -0.2) is 27.2 Å². The SMILES string of the molecule is C=C(C)c1ccc(C(O)C(O)CSC(C)=O)cc1. The molecule has 0 aliphatic carbocycles. The van der Waals surface area contributed by atoms with Gasteiger partial charge in [0, 0.05) is 12.7 Å². The van der Waals surface area contributed by atoms with Crippen molar-refractivity contribution in [3.63, 3.8) is 0 Å². The fraction of sp³-hybridized carbons (Fsp3) is 0.357. The van der Waals surface area contributed by atoms with E-state index in [9.17, 15) is 15.0 Å². The second kappa shape index (κ2) is 6.73. The van der Waals surface area contributed by atoms with Gasteiger partial charge in [-0.1, -0.05) is 48.2 Å². The molecule has 0 spiro atoms. The Hall–Kier alpha value is -1.10. The van der Waals surface area contributed by atoms with Gasteiger partial charge in [-0.15, -0.1) is 0 Å². The molecule has 1 aromatic carbocycles. The molecule has 0 aromatic heterocycles. The van der Waals surface area contributed by atoms with Crippen LogP contribution in [0.1, 0.15) is 31.1 Å². The highest BCUT2D eigenvalue weighted by molar-refractivity contribution is 8.13. The van der Waals surface area contributed by atoms with Crippen LogP contribution in [0.5, 0.6) is 0 Å². The van der Waals surface area contributed by atoms with E-state index in [2.05, 4.69) is 6.58 Å². The quantitative estimate of drug-likeness (QED) is 0.859. The number of rotatable bonds is 5. The first-order chi connectivity index (χ1) is 8.41. The lowest BCUT2D eigenvalue weighted by Crippen LogP contribution is -2.21. The van der Waals surface area contributed by atoms with E-state index in [1.54, 1.807) is 12.1 Å². The molecule has 18 heavy (non-hydrogen) atoms. The van der Waals surface area contributed by atoms with Gasteiger partial charge in [0.05, 0.1) is 6.10 Å². The predicted molar refractivity (Wildman–Crippen MR) is 75.3 cm³/mol. The average Bonchev–Trinajstić information content (AvgIpc) is 2.35. The number of carbonyl (C=O) groups excluding carboxylic acids is 1. The first-order valence-corrected chi connectivity index (χ1v) is 6.65. The van der Waals surface area contributed by atoms with Crippen molar-refractivity contribution < 1.29 is 15.0 Å². The second-order valence-electron chi connectivity index (χ2n) is 4.22. The fourth-order valence-corrected chi connectivity index (χ4v) is 2.07. The van der Waals surface area contributed by atoms with Crippen LogP contribution in [0.3, 0.4) is 0 Å². The lowest BCUT2D eigenvalue weighted by atomic mass is 10.0. The van der Waals surface area contributed by atoms with Crippen molar-refractivity contribution in [3.8, 4) is 0 Å². The summed E-state index contributed by atoms with van der Waals surface area (Å²) in [6.07, 6.45) is -1.93.